The van der Waals surface area contributed by atoms with E-state index in [4.69, 9.17) is 14.6 Å². The van der Waals surface area contributed by atoms with Gasteiger partial charge in [-0.1, -0.05) is 6.07 Å². The summed E-state index contributed by atoms with van der Waals surface area (Å²) in [6.07, 6.45) is 6.56. The first-order chi connectivity index (χ1) is 9.19. The molecule has 4 heteroatoms. The molecule has 0 aromatic heterocycles. The third-order valence-electron chi connectivity index (χ3n) is 3.24. The molecule has 1 fully saturated rings. The minimum absolute atomic E-state index is 0.389. The van der Waals surface area contributed by atoms with Crippen LogP contribution in [0.4, 0.5) is 0 Å². The van der Waals surface area contributed by atoms with Gasteiger partial charge in [-0.05, 0) is 43.0 Å². The Morgan fingerprint density at radius 3 is 2.84 bits per heavy atom. The molecule has 0 radical (unpaired) electrons. The van der Waals surface area contributed by atoms with E-state index in [0.717, 1.165) is 30.0 Å². The van der Waals surface area contributed by atoms with Crippen molar-refractivity contribution in [2.45, 2.75) is 32.0 Å². The van der Waals surface area contributed by atoms with Gasteiger partial charge in [0.2, 0.25) is 0 Å². The number of carbonyl (C=O) groups is 1. The van der Waals surface area contributed by atoms with Crippen LogP contribution in [0.3, 0.4) is 0 Å². The van der Waals surface area contributed by atoms with Crippen LogP contribution in [0.2, 0.25) is 0 Å². The minimum atomic E-state index is -0.974. The van der Waals surface area contributed by atoms with Crippen LogP contribution in [-0.2, 0) is 16.1 Å². The lowest BCUT2D eigenvalue weighted by molar-refractivity contribution is -0.131. The first-order valence-electron chi connectivity index (χ1n) is 6.38. The van der Waals surface area contributed by atoms with Gasteiger partial charge in [0.15, 0.2) is 0 Å². The second kappa shape index (κ2) is 6.38. The average molecular weight is 262 g/mol. The van der Waals surface area contributed by atoms with Gasteiger partial charge in [-0.15, -0.1) is 0 Å². The van der Waals surface area contributed by atoms with Crippen LogP contribution in [0, 0.1) is 0 Å². The Bertz CT molecular complexity index is 475. The topological polar surface area (TPSA) is 55.8 Å². The Morgan fingerprint density at radius 2 is 2.26 bits per heavy atom. The van der Waals surface area contributed by atoms with Crippen molar-refractivity contribution in [1.29, 1.82) is 0 Å². The molecule has 0 unspecified atom stereocenters. The van der Waals surface area contributed by atoms with Crippen LogP contribution in [-0.4, -0.2) is 24.3 Å². The zero-order valence-corrected chi connectivity index (χ0v) is 11.0. The van der Waals surface area contributed by atoms with E-state index < -0.39 is 5.97 Å². The summed E-state index contributed by atoms with van der Waals surface area (Å²) in [6.45, 7) is 0.558. The molecule has 0 aliphatic heterocycles. The summed E-state index contributed by atoms with van der Waals surface area (Å²) in [5, 5.41) is 8.67. The summed E-state index contributed by atoms with van der Waals surface area (Å²) in [6, 6.07) is 5.67. The molecule has 1 N–H and O–H groups in total. The Hall–Kier alpha value is -1.81. The molecule has 1 aromatic rings. The Labute approximate surface area is 112 Å². The lowest BCUT2D eigenvalue weighted by Crippen LogP contribution is -2.21. The zero-order chi connectivity index (χ0) is 13.7. The molecule has 1 aliphatic carbocycles. The van der Waals surface area contributed by atoms with Crippen molar-refractivity contribution in [3.8, 4) is 5.75 Å². The SMILES string of the molecule is COc1ccc(COC2CCC2)cc1C=CC(=O)O. The number of hydrogen-bond donors (Lipinski definition) is 1. The standard InChI is InChI=1S/C15H18O4/c1-18-14-7-5-11(10-19-13-3-2-4-13)9-12(14)6-8-15(16)17/h5-9,13H,2-4,10H2,1H3,(H,16,17). The van der Waals surface area contributed by atoms with Crippen LogP contribution in [0.5, 0.6) is 5.75 Å². The third kappa shape index (κ3) is 3.83. The molecule has 0 heterocycles. The highest BCUT2D eigenvalue weighted by atomic mass is 16.5. The maximum absolute atomic E-state index is 10.6. The molecule has 0 amide bonds. The maximum Gasteiger partial charge on any atom is 0.328 e. The first-order valence-corrected chi connectivity index (χ1v) is 6.38. The van der Waals surface area contributed by atoms with E-state index in [1.165, 1.54) is 12.5 Å². The molecule has 0 spiro atoms. The van der Waals surface area contributed by atoms with E-state index in [9.17, 15) is 4.79 Å². The molecule has 1 saturated carbocycles. The summed E-state index contributed by atoms with van der Waals surface area (Å²) in [5.74, 6) is -0.317. The number of benzene rings is 1. The summed E-state index contributed by atoms with van der Waals surface area (Å²) >= 11 is 0. The minimum Gasteiger partial charge on any atom is -0.496 e. The van der Waals surface area contributed by atoms with Crippen molar-refractivity contribution in [2.24, 2.45) is 0 Å². The fourth-order valence-electron chi connectivity index (χ4n) is 1.92. The molecule has 19 heavy (non-hydrogen) atoms. The monoisotopic (exact) mass is 262 g/mol. The third-order valence-corrected chi connectivity index (χ3v) is 3.24. The van der Waals surface area contributed by atoms with Crippen LogP contribution in [0.1, 0.15) is 30.4 Å². The highest BCUT2D eigenvalue weighted by molar-refractivity contribution is 5.85. The number of methoxy groups -OCH3 is 1. The number of rotatable bonds is 6. The summed E-state index contributed by atoms with van der Waals surface area (Å²) in [5.41, 5.74) is 1.78. The van der Waals surface area contributed by atoms with E-state index in [1.807, 2.05) is 18.2 Å². The second-order valence-electron chi connectivity index (χ2n) is 4.61. The normalized spacial score (nSPS) is 15.4. The van der Waals surface area contributed by atoms with Crippen molar-refractivity contribution < 1.29 is 19.4 Å². The lowest BCUT2D eigenvalue weighted by atomic mass is 9.96. The van der Waals surface area contributed by atoms with Crippen molar-refractivity contribution in [3.63, 3.8) is 0 Å². The van der Waals surface area contributed by atoms with Crippen molar-refractivity contribution in [3.05, 3.63) is 35.4 Å². The molecule has 4 nitrogen and oxygen atoms in total. The number of carboxylic acids is 1. The molecule has 0 atom stereocenters. The maximum atomic E-state index is 10.6. The van der Waals surface area contributed by atoms with E-state index >= 15 is 0 Å². The fraction of sp³-hybridized carbons (Fsp3) is 0.400. The van der Waals surface area contributed by atoms with Crippen LogP contribution < -0.4 is 4.74 Å². The quantitative estimate of drug-likeness (QED) is 0.801. The average Bonchev–Trinajstić information content (AvgIpc) is 2.34. The predicted molar refractivity (Wildman–Crippen MR) is 72.1 cm³/mol. The molecule has 1 aliphatic rings. The number of hydrogen-bond acceptors (Lipinski definition) is 3. The first kappa shape index (κ1) is 13.6. The van der Waals surface area contributed by atoms with E-state index in [0.29, 0.717) is 18.5 Å². The molecule has 0 saturated heterocycles. The highest BCUT2D eigenvalue weighted by Crippen LogP contribution is 2.25. The Balaban J connectivity index is 2.07. The Kier molecular flexibility index (Phi) is 4.58. The van der Waals surface area contributed by atoms with Gasteiger partial charge in [0.1, 0.15) is 5.75 Å². The van der Waals surface area contributed by atoms with Gasteiger partial charge in [0.05, 0.1) is 19.8 Å². The number of aliphatic carboxylic acids is 1. The second-order valence-corrected chi connectivity index (χ2v) is 4.61. The van der Waals surface area contributed by atoms with Gasteiger partial charge in [0.25, 0.3) is 0 Å². The molecule has 1 aromatic carbocycles. The molecular weight excluding hydrogens is 244 g/mol. The van der Waals surface area contributed by atoms with Gasteiger partial charge in [-0.25, -0.2) is 4.79 Å². The van der Waals surface area contributed by atoms with Gasteiger partial charge < -0.3 is 14.6 Å². The van der Waals surface area contributed by atoms with Crippen molar-refractivity contribution in [2.75, 3.05) is 7.11 Å². The molecular formula is C15H18O4. The Morgan fingerprint density at radius 1 is 1.47 bits per heavy atom. The summed E-state index contributed by atoms with van der Waals surface area (Å²) < 4.78 is 10.9. The summed E-state index contributed by atoms with van der Waals surface area (Å²) in [4.78, 5) is 10.6. The van der Waals surface area contributed by atoms with Crippen LogP contribution in [0.25, 0.3) is 6.08 Å². The van der Waals surface area contributed by atoms with Crippen molar-refractivity contribution in [1.82, 2.24) is 0 Å². The summed E-state index contributed by atoms with van der Waals surface area (Å²) in [7, 11) is 1.57. The van der Waals surface area contributed by atoms with Crippen LogP contribution in [0.15, 0.2) is 24.3 Å². The molecule has 0 bridgehead atoms. The smallest absolute Gasteiger partial charge is 0.328 e. The van der Waals surface area contributed by atoms with Gasteiger partial charge in [-0.3, -0.25) is 0 Å². The molecule has 102 valence electrons. The van der Waals surface area contributed by atoms with E-state index in [1.54, 1.807) is 7.11 Å². The predicted octanol–water partition coefficient (Wildman–Crippen LogP) is 2.86. The zero-order valence-electron chi connectivity index (χ0n) is 11.0. The number of carboxylic acid groups (broad SMARTS) is 1. The van der Waals surface area contributed by atoms with E-state index in [-0.39, 0.29) is 0 Å². The number of ether oxygens (including phenoxy) is 2. The van der Waals surface area contributed by atoms with Crippen LogP contribution >= 0.6 is 0 Å². The highest BCUT2D eigenvalue weighted by Gasteiger charge is 2.17. The molecule has 2 rings (SSSR count). The van der Waals surface area contributed by atoms with Gasteiger partial charge in [-0.2, -0.15) is 0 Å². The van der Waals surface area contributed by atoms with Gasteiger partial charge >= 0.3 is 5.97 Å². The lowest BCUT2D eigenvalue weighted by Gasteiger charge is -2.25. The largest absolute Gasteiger partial charge is 0.496 e. The van der Waals surface area contributed by atoms with E-state index in [2.05, 4.69) is 0 Å². The fourth-order valence-corrected chi connectivity index (χ4v) is 1.92. The van der Waals surface area contributed by atoms with Gasteiger partial charge in [0, 0.05) is 11.6 Å². The van der Waals surface area contributed by atoms with Crippen molar-refractivity contribution >= 4 is 12.0 Å².